The van der Waals surface area contributed by atoms with Gasteiger partial charge in [0.05, 0.1) is 21.6 Å². The van der Waals surface area contributed by atoms with Crippen LogP contribution in [0, 0.1) is 0 Å². The number of benzene rings is 4. The Labute approximate surface area is 166 Å². The van der Waals surface area contributed by atoms with Crippen molar-refractivity contribution in [3.63, 3.8) is 0 Å². The van der Waals surface area contributed by atoms with Crippen LogP contribution in [-0.2, 0) is 0 Å². The molecule has 0 aliphatic heterocycles. The molecule has 0 saturated carbocycles. The Hall–Kier alpha value is -3.17. The molecule has 3 heteroatoms. The fourth-order valence-electron chi connectivity index (χ4n) is 4.30. The highest BCUT2D eigenvalue weighted by Crippen LogP contribution is 2.39. The van der Waals surface area contributed by atoms with Crippen LogP contribution in [0.3, 0.4) is 0 Å². The Morgan fingerprint density at radius 3 is 1.86 bits per heavy atom. The van der Waals surface area contributed by atoms with Gasteiger partial charge in [0.2, 0.25) is 0 Å². The molecule has 6 rings (SSSR count). The van der Waals surface area contributed by atoms with E-state index in [2.05, 4.69) is 95.8 Å². The van der Waals surface area contributed by atoms with E-state index >= 15 is 0 Å². The first kappa shape index (κ1) is 15.8. The van der Waals surface area contributed by atoms with Crippen molar-refractivity contribution in [1.82, 2.24) is 4.57 Å². The number of furan rings is 1. The number of rotatable bonds is 2. The Morgan fingerprint density at radius 2 is 1.18 bits per heavy atom. The lowest BCUT2D eigenvalue weighted by atomic mass is 10.1. The molecule has 0 bridgehead atoms. The average Bonchev–Trinajstić information content (AvgIpc) is 3.30. The van der Waals surface area contributed by atoms with Gasteiger partial charge in [-0.05, 0) is 30.5 Å². The van der Waals surface area contributed by atoms with Crippen molar-refractivity contribution in [3.05, 3.63) is 84.9 Å². The molecular weight excluding hydrogens is 362 g/mol. The molecule has 0 fully saturated rings. The van der Waals surface area contributed by atoms with Gasteiger partial charge in [-0.1, -0.05) is 60.7 Å². The first-order valence-electron chi connectivity index (χ1n) is 9.33. The first-order valence-corrected chi connectivity index (χ1v) is 10.6. The van der Waals surface area contributed by atoms with Crippen molar-refractivity contribution in [1.29, 1.82) is 0 Å². The molecule has 4 aromatic carbocycles. The van der Waals surface area contributed by atoms with Crippen LogP contribution in [-0.4, -0.2) is 10.8 Å². The number of hydrogen-bond acceptors (Lipinski definition) is 2. The zero-order chi connectivity index (χ0) is 18.7. The summed E-state index contributed by atoms with van der Waals surface area (Å²) in [7, 11) is 0. The molecule has 0 amide bonds. The van der Waals surface area contributed by atoms with Gasteiger partial charge in [-0.15, -0.1) is 11.8 Å². The molecule has 0 radical (unpaired) electrons. The van der Waals surface area contributed by atoms with E-state index in [-0.39, 0.29) is 0 Å². The Morgan fingerprint density at radius 1 is 0.607 bits per heavy atom. The second-order valence-corrected chi connectivity index (χ2v) is 7.81. The van der Waals surface area contributed by atoms with Crippen LogP contribution >= 0.6 is 11.8 Å². The summed E-state index contributed by atoms with van der Waals surface area (Å²) in [5.74, 6) is 0. The molecule has 28 heavy (non-hydrogen) atoms. The molecule has 0 spiro atoms. The minimum Gasteiger partial charge on any atom is -0.453 e. The van der Waals surface area contributed by atoms with E-state index in [4.69, 9.17) is 4.42 Å². The quantitative estimate of drug-likeness (QED) is 0.292. The maximum Gasteiger partial charge on any atom is 0.159 e. The molecule has 6 aromatic rings. The van der Waals surface area contributed by atoms with Crippen LogP contribution in [0.4, 0.5) is 0 Å². The van der Waals surface area contributed by atoms with Crippen LogP contribution in [0.5, 0.6) is 0 Å². The molecule has 2 nitrogen and oxygen atoms in total. The summed E-state index contributed by atoms with van der Waals surface area (Å²) in [4.78, 5) is 1.17. The fraction of sp³-hybridized carbons (Fsp3) is 0.0400. The summed E-state index contributed by atoms with van der Waals surface area (Å²) < 4.78 is 8.81. The third-order valence-corrected chi connectivity index (χ3v) is 6.27. The van der Waals surface area contributed by atoms with Gasteiger partial charge in [-0.3, -0.25) is 0 Å². The predicted octanol–water partition coefficient (Wildman–Crippen LogP) is 7.41. The molecule has 0 aliphatic carbocycles. The van der Waals surface area contributed by atoms with E-state index in [1.807, 2.05) is 0 Å². The van der Waals surface area contributed by atoms with Crippen LogP contribution in [0.2, 0.25) is 0 Å². The number of para-hydroxylation sites is 4. The second kappa shape index (κ2) is 5.91. The van der Waals surface area contributed by atoms with Crippen LogP contribution in [0.1, 0.15) is 0 Å². The van der Waals surface area contributed by atoms with E-state index in [0.717, 1.165) is 22.2 Å². The minimum atomic E-state index is 0.936. The number of fused-ring (bicyclic) bond motifs is 6. The van der Waals surface area contributed by atoms with Gasteiger partial charge in [0.25, 0.3) is 0 Å². The van der Waals surface area contributed by atoms with Crippen molar-refractivity contribution in [3.8, 4) is 5.69 Å². The second-order valence-electron chi connectivity index (χ2n) is 6.96. The molecule has 0 N–H and O–H groups in total. The summed E-state index contributed by atoms with van der Waals surface area (Å²) in [5.41, 5.74) is 5.38. The van der Waals surface area contributed by atoms with Crippen LogP contribution in [0.15, 0.2) is 94.2 Å². The van der Waals surface area contributed by atoms with Crippen LogP contribution in [0.25, 0.3) is 49.4 Å². The Kier molecular flexibility index (Phi) is 3.35. The maximum absolute atomic E-state index is 6.49. The largest absolute Gasteiger partial charge is 0.453 e. The normalized spacial score (nSPS) is 11.9. The number of nitrogens with zero attached hydrogens (tertiary/aromatic N) is 1. The van der Waals surface area contributed by atoms with Gasteiger partial charge >= 0.3 is 0 Å². The summed E-state index contributed by atoms with van der Waals surface area (Å²) in [6, 6.07) is 30.0. The molecule has 0 atom stereocenters. The lowest BCUT2D eigenvalue weighted by Gasteiger charge is -2.08. The van der Waals surface area contributed by atoms with Gasteiger partial charge in [0.1, 0.15) is 5.58 Å². The molecule has 2 heterocycles. The van der Waals surface area contributed by atoms with Gasteiger partial charge < -0.3 is 8.98 Å². The van der Waals surface area contributed by atoms with Crippen molar-refractivity contribution in [2.45, 2.75) is 4.90 Å². The van der Waals surface area contributed by atoms with E-state index in [9.17, 15) is 0 Å². The summed E-state index contributed by atoms with van der Waals surface area (Å²) in [6.07, 6.45) is 2.09. The first-order chi connectivity index (χ1) is 13.9. The highest BCUT2D eigenvalue weighted by molar-refractivity contribution is 7.98. The zero-order valence-electron chi connectivity index (χ0n) is 15.3. The predicted molar refractivity (Wildman–Crippen MR) is 120 cm³/mol. The molecular formula is C25H17NOS. The van der Waals surface area contributed by atoms with E-state index in [1.54, 1.807) is 11.8 Å². The fourth-order valence-corrected chi connectivity index (χ4v) is 4.85. The highest BCUT2D eigenvalue weighted by atomic mass is 32.2. The van der Waals surface area contributed by atoms with Crippen molar-refractivity contribution in [2.75, 3.05) is 6.26 Å². The number of aromatic nitrogens is 1. The SMILES string of the molecule is CSc1cccc2c1oc1c(-n3c4ccccc4c4ccccc43)cccc12. The number of hydrogen-bond donors (Lipinski definition) is 0. The minimum absolute atomic E-state index is 0.936. The maximum atomic E-state index is 6.49. The third-order valence-electron chi connectivity index (χ3n) is 5.51. The molecule has 2 aromatic heterocycles. The summed E-state index contributed by atoms with van der Waals surface area (Å²) >= 11 is 1.72. The lowest BCUT2D eigenvalue weighted by Crippen LogP contribution is -1.93. The van der Waals surface area contributed by atoms with Crippen molar-refractivity contribution in [2.24, 2.45) is 0 Å². The summed E-state index contributed by atoms with van der Waals surface area (Å²) in [6.45, 7) is 0. The van der Waals surface area contributed by atoms with Crippen molar-refractivity contribution < 1.29 is 4.42 Å². The number of thioether (sulfide) groups is 1. The van der Waals surface area contributed by atoms with E-state index < -0.39 is 0 Å². The monoisotopic (exact) mass is 379 g/mol. The molecule has 0 saturated heterocycles. The standard InChI is InChI=1S/C25H17NOS/c1-28-23-15-7-11-19-18-10-6-14-22(24(18)27-25(19)23)26-20-12-4-2-8-16(20)17-9-3-5-13-21(17)26/h2-15H,1H3. The van der Waals surface area contributed by atoms with Gasteiger partial charge in [0.15, 0.2) is 5.58 Å². The topological polar surface area (TPSA) is 18.1 Å². The van der Waals surface area contributed by atoms with Crippen LogP contribution < -0.4 is 0 Å². The lowest BCUT2D eigenvalue weighted by molar-refractivity contribution is 0.658. The molecule has 0 unspecified atom stereocenters. The van der Waals surface area contributed by atoms with Crippen molar-refractivity contribution >= 4 is 55.5 Å². The van der Waals surface area contributed by atoms with Gasteiger partial charge in [0, 0.05) is 21.5 Å². The summed E-state index contributed by atoms with van der Waals surface area (Å²) in [5, 5.41) is 4.85. The smallest absolute Gasteiger partial charge is 0.159 e. The third kappa shape index (κ3) is 2.05. The Balaban J connectivity index is 1.81. The molecule has 134 valence electrons. The van der Waals surface area contributed by atoms with E-state index in [0.29, 0.717) is 0 Å². The molecule has 0 aliphatic rings. The Bertz CT molecular complexity index is 1450. The highest BCUT2D eigenvalue weighted by Gasteiger charge is 2.17. The van der Waals surface area contributed by atoms with Gasteiger partial charge in [-0.2, -0.15) is 0 Å². The van der Waals surface area contributed by atoms with Gasteiger partial charge in [-0.25, -0.2) is 0 Å². The zero-order valence-corrected chi connectivity index (χ0v) is 16.2. The van der Waals surface area contributed by atoms with E-state index in [1.165, 1.54) is 32.1 Å². The average molecular weight is 379 g/mol.